The van der Waals surface area contributed by atoms with Gasteiger partial charge >= 0.3 is 11.7 Å². The first-order chi connectivity index (χ1) is 14.5. The van der Waals surface area contributed by atoms with Crippen LogP contribution < -0.4 is 16.3 Å². The van der Waals surface area contributed by atoms with Crippen LogP contribution in [-0.2, 0) is 4.74 Å². The first kappa shape index (κ1) is 19.3. The van der Waals surface area contributed by atoms with Gasteiger partial charge in [0.2, 0.25) is 0 Å². The van der Waals surface area contributed by atoms with Crippen molar-refractivity contribution in [1.29, 1.82) is 0 Å². The molecule has 2 aromatic carbocycles. The number of carbonyl (C=O) groups excluding carboxylic acids is 2. The lowest BCUT2D eigenvalue weighted by molar-refractivity contribution is 0.102. The fourth-order valence-corrected chi connectivity index (χ4v) is 3.65. The van der Waals surface area contributed by atoms with Gasteiger partial charge in [0.1, 0.15) is 21.8 Å². The summed E-state index contributed by atoms with van der Waals surface area (Å²) in [4.78, 5) is 41.1. The van der Waals surface area contributed by atoms with Crippen molar-refractivity contribution in [1.82, 2.24) is 4.98 Å². The summed E-state index contributed by atoms with van der Waals surface area (Å²) in [7, 11) is 1.24. The van der Waals surface area contributed by atoms with Gasteiger partial charge in [-0.2, -0.15) is 0 Å². The zero-order valence-electron chi connectivity index (χ0n) is 15.7. The summed E-state index contributed by atoms with van der Waals surface area (Å²) in [5, 5.41) is 6.42. The van der Waals surface area contributed by atoms with Crippen molar-refractivity contribution in [3.8, 4) is 11.3 Å². The molecule has 30 heavy (non-hydrogen) atoms. The predicted octanol–water partition coefficient (Wildman–Crippen LogP) is 4.35. The maximum atomic E-state index is 12.8. The summed E-state index contributed by atoms with van der Waals surface area (Å²) in [6, 6.07) is 17.5. The zero-order valence-corrected chi connectivity index (χ0v) is 16.5. The number of methoxy groups -OCH3 is 1. The Bertz CT molecular complexity index is 1300. The van der Waals surface area contributed by atoms with E-state index in [1.807, 2.05) is 30.3 Å². The van der Waals surface area contributed by atoms with Crippen LogP contribution in [-0.4, -0.2) is 24.1 Å². The molecule has 0 unspecified atom stereocenters. The van der Waals surface area contributed by atoms with Crippen LogP contribution in [0.15, 0.2) is 69.9 Å². The Morgan fingerprint density at radius 2 is 1.77 bits per heavy atom. The molecule has 0 atom stereocenters. The van der Waals surface area contributed by atoms with Gasteiger partial charge in [0, 0.05) is 10.9 Å². The van der Waals surface area contributed by atoms with Crippen LogP contribution in [0, 0.1) is 0 Å². The van der Waals surface area contributed by atoms with Crippen molar-refractivity contribution in [3.05, 3.63) is 76.6 Å². The Morgan fingerprint density at radius 1 is 1.03 bits per heavy atom. The van der Waals surface area contributed by atoms with E-state index in [0.717, 1.165) is 16.9 Å². The van der Waals surface area contributed by atoms with Crippen LogP contribution in [0.2, 0.25) is 0 Å². The van der Waals surface area contributed by atoms with Gasteiger partial charge in [0.25, 0.3) is 5.91 Å². The van der Waals surface area contributed by atoms with Gasteiger partial charge in [-0.3, -0.25) is 10.1 Å². The summed E-state index contributed by atoms with van der Waals surface area (Å²) in [5.74, 6) is -0.639. The van der Waals surface area contributed by atoms with Gasteiger partial charge in [0.15, 0.2) is 5.13 Å². The highest BCUT2D eigenvalue weighted by Crippen LogP contribution is 2.36. The summed E-state index contributed by atoms with van der Waals surface area (Å²) in [6.45, 7) is 0. The predicted molar refractivity (Wildman–Crippen MR) is 114 cm³/mol. The molecule has 0 saturated heterocycles. The number of benzene rings is 2. The number of anilines is 2. The molecular weight excluding hydrogens is 406 g/mol. The monoisotopic (exact) mass is 421 g/mol. The van der Waals surface area contributed by atoms with E-state index in [1.54, 1.807) is 24.3 Å². The fourth-order valence-electron chi connectivity index (χ4n) is 2.78. The molecule has 0 bridgehead atoms. The minimum Gasteiger partial charge on any atom is -0.453 e. The van der Waals surface area contributed by atoms with Crippen LogP contribution in [0.1, 0.15) is 10.4 Å². The maximum absolute atomic E-state index is 12.8. The molecule has 150 valence electrons. The number of fused-ring (bicyclic) bond motifs is 1. The molecular formula is C21H15N3O5S. The van der Waals surface area contributed by atoms with Crippen LogP contribution >= 0.6 is 11.3 Å². The normalized spacial score (nSPS) is 10.6. The summed E-state index contributed by atoms with van der Waals surface area (Å²) < 4.78 is 9.83. The maximum Gasteiger partial charge on any atom is 0.413 e. The number of amides is 2. The van der Waals surface area contributed by atoms with E-state index in [9.17, 15) is 14.4 Å². The second-order valence-corrected chi connectivity index (χ2v) is 7.12. The molecule has 4 rings (SSSR count). The van der Waals surface area contributed by atoms with Gasteiger partial charge < -0.3 is 14.5 Å². The third-order valence-electron chi connectivity index (χ3n) is 4.18. The van der Waals surface area contributed by atoms with Crippen molar-refractivity contribution in [3.63, 3.8) is 0 Å². The largest absolute Gasteiger partial charge is 0.453 e. The van der Waals surface area contributed by atoms with Crippen molar-refractivity contribution in [2.45, 2.75) is 0 Å². The van der Waals surface area contributed by atoms with Gasteiger partial charge in [-0.15, -0.1) is 0 Å². The summed E-state index contributed by atoms with van der Waals surface area (Å²) >= 11 is 1.04. The Hall–Kier alpha value is -3.98. The first-order valence-electron chi connectivity index (χ1n) is 8.80. The molecule has 2 N–H and O–H groups in total. The van der Waals surface area contributed by atoms with Crippen LogP contribution in [0.25, 0.3) is 22.2 Å². The molecule has 0 radical (unpaired) electrons. The molecule has 0 aliphatic carbocycles. The van der Waals surface area contributed by atoms with Gasteiger partial charge in [-0.05, 0) is 12.1 Å². The van der Waals surface area contributed by atoms with Crippen molar-refractivity contribution in [2.75, 3.05) is 17.7 Å². The quantitative estimate of drug-likeness (QED) is 0.474. The molecule has 0 spiro atoms. The first-order valence-corrected chi connectivity index (χ1v) is 9.62. The SMILES string of the molecule is COC(=O)Nc1nc(-c2ccccc2)c(NC(=O)c2cc3ccccc3oc2=O)s1. The topological polar surface area (TPSA) is 111 Å². The van der Waals surface area contributed by atoms with Crippen molar-refractivity contribution >= 4 is 44.4 Å². The third-order valence-corrected chi connectivity index (χ3v) is 5.07. The molecule has 2 aromatic heterocycles. The number of para-hydroxylation sites is 1. The summed E-state index contributed by atoms with van der Waals surface area (Å²) in [6.07, 6.45) is -0.684. The molecule has 0 aliphatic rings. The number of nitrogens with one attached hydrogen (secondary N) is 2. The number of nitrogens with zero attached hydrogens (tertiary/aromatic N) is 1. The third kappa shape index (κ3) is 3.91. The van der Waals surface area contributed by atoms with Crippen LogP contribution in [0.4, 0.5) is 14.9 Å². The Labute approximate surface area is 174 Å². The molecule has 0 saturated carbocycles. The molecule has 0 aliphatic heterocycles. The minimum atomic E-state index is -0.745. The average Bonchev–Trinajstić information content (AvgIpc) is 3.15. The molecule has 9 heteroatoms. The van der Waals surface area contributed by atoms with Crippen LogP contribution in [0.5, 0.6) is 0 Å². The Morgan fingerprint density at radius 3 is 2.53 bits per heavy atom. The lowest BCUT2D eigenvalue weighted by atomic mass is 10.1. The second kappa shape index (κ2) is 8.18. The highest BCUT2D eigenvalue weighted by Gasteiger charge is 2.20. The van der Waals surface area contributed by atoms with Crippen molar-refractivity contribution < 1.29 is 18.7 Å². The number of thiazole rings is 1. The van der Waals surface area contributed by atoms with E-state index in [0.29, 0.717) is 21.7 Å². The number of hydrogen-bond donors (Lipinski definition) is 2. The minimum absolute atomic E-state index is 0.136. The van der Waals surface area contributed by atoms with Crippen molar-refractivity contribution in [2.24, 2.45) is 0 Å². The fraction of sp³-hybridized carbons (Fsp3) is 0.0476. The van der Waals surface area contributed by atoms with E-state index < -0.39 is 17.6 Å². The van der Waals surface area contributed by atoms with E-state index in [-0.39, 0.29) is 10.7 Å². The van der Waals surface area contributed by atoms with Gasteiger partial charge in [0.05, 0.1) is 7.11 Å². The number of ether oxygens (including phenoxy) is 1. The Kier molecular flexibility index (Phi) is 5.27. The zero-order chi connectivity index (χ0) is 21.1. The average molecular weight is 421 g/mol. The number of carbonyl (C=O) groups is 2. The standard InChI is InChI=1S/C21H15N3O5S/c1-28-21(27)24-20-22-16(12-7-3-2-4-8-12)18(30-20)23-17(25)14-11-13-9-5-6-10-15(13)29-19(14)26/h2-11H,1H3,(H,23,25)(H,22,24,27). The van der Waals surface area contributed by atoms with E-state index in [2.05, 4.69) is 20.4 Å². The highest BCUT2D eigenvalue weighted by molar-refractivity contribution is 7.20. The smallest absolute Gasteiger partial charge is 0.413 e. The molecule has 8 nitrogen and oxygen atoms in total. The summed E-state index contributed by atoms with van der Waals surface area (Å²) in [5.41, 5.74) is 0.692. The van der Waals surface area contributed by atoms with E-state index in [1.165, 1.54) is 13.2 Å². The lowest BCUT2D eigenvalue weighted by Gasteiger charge is -2.05. The molecule has 4 aromatic rings. The lowest BCUT2D eigenvalue weighted by Crippen LogP contribution is -2.20. The number of rotatable bonds is 4. The van der Waals surface area contributed by atoms with Gasteiger partial charge in [-0.25, -0.2) is 14.6 Å². The second-order valence-electron chi connectivity index (χ2n) is 6.12. The number of aromatic nitrogens is 1. The molecule has 2 heterocycles. The Balaban J connectivity index is 1.71. The van der Waals surface area contributed by atoms with Crippen LogP contribution in [0.3, 0.4) is 0 Å². The molecule has 0 fully saturated rings. The highest BCUT2D eigenvalue weighted by atomic mass is 32.1. The van der Waals surface area contributed by atoms with Gasteiger partial charge in [-0.1, -0.05) is 59.9 Å². The number of hydrogen-bond acceptors (Lipinski definition) is 7. The van der Waals surface area contributed by atoms with E-state index >= 15 is 0 Å². The van der Waals surface area contributed by atoms with E-state index in [4.69, 9.17) is 4.42 Å². The molecule has 2 amide bonds.